The number of anilines is 1. The zero-order chi connectivity index (χ0) is 13.2. The van der Waals surface area contributed by atoms with Crippen LogP contribution in [0.1, 0.15) is 18.5 Å². The van der Waals surface area contributed by atoms with Crippen molar-refractivity contribution in [3.63, 3.8) is 0 Å². The van der Waals surface area contributed by atoms with Crippen molar-refractivity contribution >= 4 is 26.7 Å². The van der Waals surface area contributed by atoms with Gasteiger partial charge in [-0.1, -0.05) is 0 Å². The highest BCUT2D eigenvalue weighted by atomic mass is 32.2. The minimum absolute atomic E-state index is 0.132. The molecule has 8 heteroatoms. The number of aliphatic hydroxyl groups is 1. The normalized spacial score (nSPS) is 19.0. The SMILES string of the molecule is Cc1csc(NS(=O)(=O)N2CCC(CO)CC2)n1. The van der Waals surface area contributed by atoms with Crippen LogP contribution in [0.4, 0.5) is 5.13 Å². The summed E-state index contributed by atoms with van der Waals surface area (Å²) >= 11 is 1.28. The molecule has 1 fully saturated rings. The molecule has 1 aromatic heterocycles. The van der Waals surface area contributed by atoms with E-state index in [9.17, 15) is 8.42 Å². The van der Waals surface area contributed by atoms with Crippen molar-refractivity contribution in [2.45, 2.75) is 19.8 Å². The van der Waals surface area contributed by atoms with E-state index in [1.54, 1.807) is 5.38 Å². The van der Waals surface area contributed by atoms with E-state index < -0.39 is 10.2 Å². The Hall–Kier alpha value is -0.700. The van der Waals surface area contributed by atoms with Crippen molar-refractivity contribution in [3.05, 3.63) is 11.1 Å². The quantitative estimate of drug-likeness (QED) is 0.860. The van der Waals surface area contributed by atoms with Gasteiger partial charge in [-0.3, -0.25) is 0 Å². The van der Waals surface area contributed by atoms with Crippen LogP contribution in [0.25, 0.3) is 0 Å². The van der Waals surface area contributed by atoms with E-state index in [4.69, 9.17) is 5.11 Å². The van der Waals surface area contributed by atoms with Crippen LogP contribution in [0.3, 0.4) is 0 Å². The van der Waals surface area contributed by atoms with E-state index in [0.29, 0.717) is 31.1 Å². The third-order valence-corrected chi connectivity index (χ3v) is 5.51. The number of aliphatic hydroxyl groups excluding tert-OH is 1. The third kappa shape index (κ3) is 3.19. The van der Waals surface area contributed by atoms with Gasteiger partial charge in [-0.25, -0.2) is 9.71 Å². The number of thiazole rings is 1. The van der Waals surface area contributed by atoms with Gasteiger partial charge in [0.05, 0.1) is 5.69 Å². The van der Waals surface area contributed by atoms with Gasteiger partial charge in [-0.2, -0.15) is 12.7 Å². The van der Waals surface area contributed by atoms with Gasteiger partial charge >= 0.3 is 10.2 Å². The van der Waals surface area contributed by atoms with E-state index >= 15 is 0 Å². The monoisotopic (exact) mass is 291 g/mol. The number of hydrogen-bond donors (Lipinski definition) is 2. The first-order chi connectivity index (χ1) is 8.51. The van der Waals surface area contributed by atoms with Crippen LogP contribution in [-0.4, -0.2) is 42.5 Å². The lowest BCUT2D eigenvalue weighted by atomic mass is 10.00. The van der Waals surface area contributed by atoms with Crippen molar-refractivity contribution < 1.29 is 13.5 Å². The van der Waals surface area contributed by atoms with Gasteiger partial charge in [0.15, 0.2) is 5.13 Å². The number of nitrogens with zero attached hydrogens (tertiary/aromatic N) is 2. The Kier molecular flexibility index (Phi) is 4.21. The molecule has 102 valence electrons. The van der Waals surface area contributed by atoms with Gasteiger partial charge in [-0.15, -0.1) is 11.3 Å². The smallest absolute Gasteiger partial charge is 0.303 e. The molecule has 0 saturated carbocycles. The molecule has 0 amide bonds. The Labute approximate surface area is 111 Å². The highest BCUT2D eigenvalue weighted by Crippen LogP contribution is 2.22. The van der Waals surface area contributed by atoms with Crippen LogP contribution in [0, 0.1) is 12.8 Å². The molecule has 0 radical (unpaired) electrons. The van der Waals surface area contributed by atoms with Crippen molar-refractivity contribution in [3.8, 4) is 0 Å². The molecule has 1 aromatic rings. The van der Waals surface area contributed by atoms with Crippen molar-refractivity contribution in [1.29, 1.82) is 0 Å². The maximum absolute atomic E-state index is 12.1. The van der Waals surface area contributed by atoms with Gasteiger partial charge in [-0.05, 0) is 25.7 Å². The van der Waals surface area contributed by atoms with Gasteiger partial charge < -0.3 is 5.11 Å². The maximum atomic E-state index is 12.1. The van der Waals surface area contributed by atoms with Gasteiger partial charge in [0, 0.05) is 25.1 Å². The summed E-state index contributed by atoms with van der Waals surface area (Å²) in [5, 5.41) is 11.2. The number of piperidine rings is 1. The van der Waals surface area contributed by atoms with E-state index in [2.05, 4.69) is 9.71 Å². The summed E-state index contributed by atoms with van der Waals surface area (Å²) in [5.74, 6) is 0.221. The molecule has 2 N–H and O–H groups in total. The van der Waals surface area contributed by atoms with E-state index in [1.807, 2.05) is 6.92 Å². The van der Waals surface area contributed by atoms with Gasteiger partial charge in [0.1, 0.15) is 0 Å². The minimum atomic E-state index is -3.51. The fourth-order valence-electron chi connectivity index (χ4n) is 1.91. The fraction of sp³-hybridized carbons (Fsp3) is 0.700. The van der Waals surface area contributed by atoms with Crippen LogP contribution < -0.4 is 4.72 Å². The lowest BCUT2D eigenvalue weighted by molar-refractivity contribution is 0.170. The summed E-state index contributed by atoms with van der Waals surface area (Å²) in [6, 6.07) is 0. The lowest BCUT2D eigenvalue weighted by Gasteiger charge is -2.29. The third-order valence-electron chi connectivity index (χ3n) is 3.01. The first-order valence-electron chi connectivity index (χ1n) is 5.82. The summed E-state index contributed by atoms with van der Waals surface area (Å²) in [6.45, 7) is 2.85. The summed E-state index contributed by atoms with van der Waals surface area (Å²) in [6.07, 6.45) is 1.41. The maximum Gasteiger partial charge on any atom is 0.303 e. The average Bonchev–Trinajstić information content (AvgIpc) is 2.74. The Balaban J connectivity index is 1.99. The number of rotatable bonds is 4. The first-order valence-corrected chi connectivity index (χ1v) is 8.14. The fourth-order valence-corrected chi connectivity index (χ4v) is 4.03. The number of aryl methyl sites for hydroxylation is 1. The molecule has 1 aliphatic rings. The molecule has 0 spiro atoms. The van der Waals surface area contributed by atoms with Crippen molar-refractivity contribution in [2.24, 2.45) is 5.92 Å². The summed E-state index contributed by atoms with van der Waals surface area (Å²) in [4.78, 5) is 4.08. The molecule has 0 aromatic carbocycles. The molecule has 0 atom stereocenters. The Morgan fingerprint density at radius 1 is 1.56 bits per heavy atom. The predicted molar refractivity (Wildman–Crippen MR) is 70.8 cm³/mol. The number of hydrogen-bond acceptors (Lipinski definition) is 5. The Morgan fingerprint density at radius 2 is 2.22 bits per heavy atom. The first kappa shape index (κ1) is 13.7. The Morgan fingerprint density at radius 3 is 2.72 bits per heavy atom. The summed E-state index contributed by atoms with van der Waals surface area (Å²) in [5.41, 5.74) is 0.802. The molecule has 0 unspecified atom stereocenters. The average molecular weight is 291 g/mol. The number of nitrogens with one attached hydrogen (secondary N) is 1. The predicted octanol–water partition coefficient (Wildman–Crippen LogP) is 0.813. The molecular weight excluding hydrogens is 274 g/mol. The minimum Gasteiger partial charge on any atom is -0.396 e. The molecule has 2 rings (SSSR count). The van der Waals surface area contributed by atoms with Crippen molar-refractivity contribution in [2.75, 3.05) is 24.4 Å². The van der Waals surface area contributed by atoms with E-state index in [0.717, 1.165) is 5.69 Å². The van der Waals surface area contributed by atoms with Crippen LogP contribution in [0.2, 0.25) is 0 Å². The molecule has 1 aliphatic heterocycles. The highest BCUT2D eigenvalue weighted by molar-refractivity contribution is 7.90. The molecule has 6 nitrogen and oxygen atoms in total. The highest BCUT2D eigenvalue weighted by Gasteiger charge is 2.28. The zero-order valence-electron chi connectivity index (χ0n) is 10.2. The summed E-state index contributed by atoms with van der Waals surface area (Å²) < 4.78 is 28.1. The van der Waals surface area contributed by atoms with E-state index in [-0.39, 0.29) is 12.5 Å². The van der Waals surface area contributed by atoms with E-state index in [1.165, 1.54) is 15.6 Å². The van der Waals surface area contributed by atoms with Gasteiger partial charge in [0.2, 0.25) is 0 Å². The second-order valence-electron chi connectivity index (χ2n) is 4.43. The van der Waals surface area contributed by atoms with Crippen molar-refractivity contribution in [1.82, 2.24) is 9.29 Å². The largest absolute Gasteiger partial charge is 0.396 e. The zero-order valence-corrected chi connectivity index (χ0v) is 11.8. The molecule has 1 saturated heterocycles. The molecule has 2 heterocycles. The van der Waals surface area contributed by atoms with Crippen LogP contribution in [0.15, 0.2) is 5.38 Å². The topological polar surface area (TPSA) is 82.5 Å². The Bertz CT molecular complexity index is 492. The second kappa shape index (κ2) is 5.52. The standard InChI is InChI=1S/C10H17N3O3S2/c1-8-7-17-10(11-8)12-18(15,16)13-4-2-9(6-14)3-5-13/h7,9,14H,2-6H2,1H3,(H,11,12). The molecule has 0 aliphatic carbocycles. The van der Waals surface area contributed by atoms with Gasteiger partial charge in [0.25, 0.3) is 0 Å². The second-order valence-corrected chi connectivity index (χ2v) is 6.95. The van der Waals surface area contributed by atoms with Crippen LogP contribution >= 0.6 is 11.3 Å². The molecule has 18 heavy (non-hydrogen) atoms. The lowest BCUT2D eigenvalue weighted by Crippen LogP contribution is -2.42. The summed E-state index contributed by atoms with van der Waals surface area (Å²) in [7, 11) is -3.51. The van der Waals surface area contributed by atoms with Crippen LogP contribution in [-0.2, 0) is 10.2 Å². The molecular formula is C10H17N3O3S2. The number of aromatic nitrogens is 1. The molecule has 0 bridgehead atoms. The van der Waals surface area contributed by atoms with Crippen LogP contribution in [0.5, 0.6) is 0 Å².